The van der Waals surface area contributed by atoms with E-state index >= 15 is 0 Å². The molecule has 1 radical (unpaired) electrons. The molecule has 0 nitrogen and oxygen atoms in total. The van der Waals surface area contributed by atoms with Crippen molar-refractivity contribution in [2.45, 2.75) is 84.5 Å². The fourth-order valence-electron chi connectivity index (χ4n) is 3.29. The third-order valence-electron chi connectivity index (χ3n) is 4.62. The van der Waals surface area contributed by atoms with Crippen LogP contribution in [0.2, 0.25) is 0 Å². The molecule has 0 aliphatic heterocycles. The molecule has 113 valence electrons. The van der Waals surface area contributed by atoms with Crippen LogP contribution in [0.25, 0.3) is 0 Å². The van der Waals surface area contributed by atoms with Crippen LogP contribution in [0.15, 0.2) is 24.3 Å². The molecule has 1 aromatic carbocycles. The standard InChI is InChI=1S/C20H33/c1-4-7-8-9-10-14-17-20(18(5-2)6-3)19-15-12-11-13-16-19/h11-13,15,18,20H,4-10,14,17H2,1-3H3. The van der Waals surface area contributed by atoms with Gasteiger partial charge in [-0.1, -0.05) is 96.4 Å². The molecule has 1 unspecified atom stereocenters. The van der Waals surface area contributed by atoms with Crippen molar-refractivity contribution in [2.24, 2.45) is 5.92 Å². The van der Waals surface area contributed by atoms with E-state index in [0.29, 0.717) is 0 Å². The summed E-state index contributed by atoms with van der Waals surface area (Å²) in [5, 5.41) is 0. The van der Waals surface area contributed by atoms with E-state index in [9.17, 15) is 0 Å². The first-order valence-electron chi connectivity index (χ1n) is 8.80. The van der Waals surface area contributed by atoms with E-state index in [4.69, 9.17) is 0 Å². The molecule has 1 atom stereocenters. The average molecular weight is 273 g/mol. The Morgan fingerprint density at radius 3 is 2.20 bits per heavy atom. The number of unbranched alkanes of at least 4 members (excludes halogenated alkanes) is 5. The van der Waals surface area contributed by atoms with Crippen LogP contribution in [0.1, 0.15) is 90.0 Å². The van der Waals surface area contributed by atoms with Crippen LogP contribution in [0.5, 0.6) is 0 Å². The van der Waals surface area contributed by atoms with Crippen LogP contribution in [0.4, 0.5) is 0 Å². The largest absolute Gasteiger partial charge is 0.0654 e. The number of rotatable bonds is 11. The van der Waals surface area contributed by atoms with Crippen LogP contribution < -0.4 is 0 Å². The van der Waals surface area contributed by atoms with Crippen molar-refractivity contribution in [1.82, 2.24) is 0 Å². The SMILES string of the molecule is CCCCCCCCC(c1[c]cccc1)C(CC)CC. The Morgan fingerprint density at radius 1 is 0.900 bits per heavy atom. The monoisotopic (exact) mass is 273 g/mol. The molecule has 0 aromatic heterocycles. The Balaban J connectivity index is 2.47. The van der Waals surface area contributed by atoms with Crippen molar-refractivity contribution in [2.75, 3.05) is 0 Å². The summed E-state index contributed by atoms with van der Waals surface area (Å²) < 4.78 is 0. The summed E-state index contributed by atoms with van der Waals surface area (Å²) in [6.45, 7) is 6.96. The Hall–Kier alpha value is -0.780. The first-order chi connectivity index (χ1) is 9.83. The van der Waals surface area contributed by atoms with Crippen LogP contribution in [-0.2, 0) is 0 Å². The quantitative estimate of drug-likeness (QED) is 0.391. The molecule has 0 aliphatic carbocycles. The average Bonchev–Trinajstić information content (AvgIpc) is 2.50. The molecule has 0 saturated heterocycles. The number of benzene rings is 1. The molecule has 0 heteroatoms. The lowest BCUT2D eigenvalue weighted by molar-refractivity contribution is 0.366. The third-order valence-corrected chi connectivity index (χ3v) is 4.62. The van der Waals surface area contributed by atoms with Crippen LogP contribution >= 0.6 is 0 Å². The van der Waals surface area contributed by atoms with Crippen molar-refractivity contribution in [3.05, 3.63) is 35.9 Å². The van der Waals surface area contributed by atoms with Gasteiger partial charge in [0, 0.05) is 0 Å². The lowest BCUT2D eigenvalue weighted by atomic mass is 9.79. The van der Waals surface area contributed by atoms with Crippen molar-refractivity contribution < 1.29 is 0 Å². The third kappa shape index (κ3) is 6.11. The minimum Gasteiger partial charge on any atom is -0.0654 e. The summed E-state index contributed by atoms with van der Waals surface area (Å²) in [6, 6.07) is 12.1. The topological polar surface area (TPSA) is 0 Å². The highest BCUT2D eigenvalue weighted by molar-refractivity contribution is 5.18. The van der Waals surface area contributed by atoms with Crippen molar-refractivity contribution in [3.8, 4) is 0 Å². The molecule has 0 N–H and O–H groups in total. The van der Waals surface area contributed by atoms with Gasteiger partial charge in [-0.3, -0.25) is 0 Å². The van der Waals surface area contributed by atoms with E-state index in [-0.39, 0.29) is 0 Å². The molecule has 0 fully saturated rings. The smallest absolute Gasteiger partial charge is 0.0128 e. The Morgan fingerprint density at radius 2 is 1.60 bits per heavy atom. The van der Waals surface area contributed by atoms with E-state index in [2.05, 4.69) is 51.1 Å². The van der Waals surface area contributed by atoms with Gasteiger partial charge in [-0.05, 0) is 29.9 Å². The second-order valence-electron chi connectivity index (χ2n) is 6.06. The Kier molecular flexibility index (Phi) is 9.45. The molecule has 0 amide bonds. The highest BCUT2D eigenvalue weighted by atomic mass is 14.2. The fourth-order valence-corrected chi connectivity index (χ4v) is 3.29. The summed E-state index contributed by atoms with van der Waals surface area (Å²) >= 11 is 0. The van der Waals surface area contributed by atoms with E-state index in [1.807, 2.05) is 0 Å². The predicted octanol–water partition coefficient (Wildman–Crippen LogP) is 6.76. The number of hydrogen-bond donors (Lipinski definition) is 0. The Labute approximate surface area is 127 Å². The first kappa shape index (κ1) is 17.3. The maximum atomic E-state index is 3.48. The van der Waals surface area contributed by atoms with Crippen LogP contribution in [-0.4, -0.2) is 0 Å². The van der Waals surface area contributed by atoms with Gasteiger partial charge in [0.1, 0.15) is 0 Å². The van der Waals surface area contributed by atoms with Gasteiger partial charge < -0.3 is 0 Å². The summed E-state index contributed by atoms with van der Waals surface area (Å²) in [5.41, 5.74) is 1.44. The van der Waals surface area contributed by atoms with Crippen molar-refractivity contribution in [1.29, 1.82) is 0 Å². The molecule has 0 aliphatic rings. The molecule has 1 rings (SSSR count). The van der Waals surface area contributed by atoms with Gasteiger partial charge in [0.15, 0.2) is 0 Å². The minimum atomic E-state index is 0.720. The van der Waals surface area contributed by atoms with Gasteiger partial charge in [0.25, 0.3) is 0 Å². The van der Waals surface area contributed by atoms with Gasteiger partial charge in [-0.2, -0.15) is 0 Å². The molecule has 0 saturated carbocycles. The maximum absolute atomic E-state index is 3.48. The molecule has 0 spiro atoms. The molecule has 1 aromatic rings. The predicted molar refractivity (Wildman–Crippen MR) is 90.1 cm³/mol. The summed E-state index contributed by atoms with van der Waals surface area (Å²) in [6.07, 6.45) is 12.3. The molecular formula is C20H33. The second kappa shape index (κ2) is 10.9. The van der Waals surface area contributed by atoms with Gasteiger partial charge in [0.2, 0.25) is 0 Å². The highest BCUT2D eigenvalue weighted by Crippen LogP contribution is 2.34. The minimum absolute atomic E-state index is 0.720. The van der Waals surface area contributed by atoms with E-state index in [0.717, 1.165) is 11.8 Å². The molecule has 20 heavy (non-hydrogen) atoms. The normalized spacial score (nSPS) is 12.8. The zero-order chi connectivity index (χ0) is 14.6. The van der Waals surface area contributed by atoms with Gasteiger partial charge >= 0.3 is 0 Å². The van der Waals surface area contributed by atoms with Crippen molar-refractivity contribution >= 4 is 0 Å². The van der Waals surface area contributed by atoms with Gasteiger partial charge in [-0.25, -0.2) is 0 Å². The lowest BCUT2D eigenvalue weighted by Gasteiger charge is -2.25. The van der Waals surface area contributed by atoms with Crippen LogP contribution in [0, 0.1) is 12.0 Å². The zero-order valence-corrected chi connectivity index (χ0v) is 13.8. The van der Waals surface area contributed by atoms with Gasteiger partial charge in [-0.15, -0.1) is 0 Å². The fraction of sp³-hybridized carbons (Fsp3) is 0.700. The molecule has 0 heterocycles. The number of hydrogen-bond acceptors (Lipinski definition) is 0. The van der Waals surface area contributed by atoms with E-state index < -0.39 is 0 Å². The lowest BCUT2D eigenvalue weighted by Crippen LogP contribution is -2.12. The zero-order valence-electron chi connectivity index (χ0n) is 13.8. The summed E-state index contributed by atoms with van der Waals surface area (Å²) in [5.74, 6) is 1.54. The maximum Gasteiger partial charge on any atom is -0.0128 e. The highest BCUT2D eigenvalue weighted by Gasteiger charge is 2.19. The van der Waals surface area contributed by atoms with E-state index in [1.54, 1.807) is 0 Å². The summed E-state index contributed by atoms with van der Waals surface area (Å²) in [4.78, 5) is 0. The van der Waals surface area contributed by atoms with Crippen LogP contribution in [0.3, 0.4) is 0 Å². The summed E-state index contributed by atoms with van der Waals surface area (Å²) in [7, 11) is 0. The van der Waals surface area contributed by atoms with Gasteiger partial charge in [0.05, 0.1) is 0 Å². The molecular weight excluding hydrogens is 240 g/mol. The Bertz CT molecular complexity index is 310. The second-order valence-corrected chi connectivity index (χ2v) is 6.06. The molecule has 0 bridgehead atoms. The van der Waals surface area contributed by atoms with E-state index in [1.165, 1.54) is 63.4 Å². The first-order valence-corrected chi connectivity index (χ1v) is 8.80. The van der Waals surface area contributed by atoms with Crippen molar-refractivity contribution in [3.63, 3.8) is 0 Å².